The van der Waals surface area contributed by atoms with Crippen LogP contribution in [0.4, 0.5) is 0 Å². The first kappa shape index (κ1) is 15.4. The van der Waals surface area contributed by atoms with Gasteiger partial charge in [-0.25, -0.2) is 0 Å². The third kappa shape index (κ3) is 5.86. The fraction of sp³-hybridized carbons (Fsp3) is 0.700. The monoisotopic (exact) mass is 245 g/mol. The molecule has 2 amide bonds. The molecule has 5 N–H and O–H groups in total. The van der Waals surface area contributed by atoms with Crippen molar-refractivity contribution in [2.75, 3.05) is 6.54 Å². The minimum atomic E-state index is -1.14. The van der Waals surface area contributed by atoms with Crippen LogP contribution in [0.2, 0.25) is 0 Å². The van der Waals surface area contributed by atoms with Crippen LogP contribution in [0.1, 0.15) is 20.8 Å². The second kappa shape index (κ2) is 6.85. The lowest BCUT2D eigenvalue weighted by atomic mass is 10.1. The highest BCUT2D eigenvalue weighted by Gasteiger charge is 2.19. The number of nitrogens with two attached hydrogens (primary N) is 1. The van der Waals surface area contributed by atoms with Crippen LogP contribution in [0.25, 0.3) is 0 Å². The van der Waals surface area contributed by atoms with Gasteiger partial charge in [0, 0.05) is 0 Å². The molecule has 0 saturated carbocycles. The van der Waals surface area contributed by atoms with E-state index in [4.69, 9.17) is 10.8 Å². The number of nitrogens with one attached hydrogen (secondary N) is 2. The lowest BCUT2D eigenvalue weighted by molar-refractivity contribution is -0.141. The minimum absolute atomic E-state index is 0.0315. The van der Waals surface area contributed by atoms with Crippen LogP contribution in [0.3, 0.4) is 0 Å². The third-order valence-electron chi connectivity index (χ3n) is 2.19. The van der Waals surface area contributed by atoms with Gasteiger partial charge in [0.2, 0.25) is 11.8 Å². The second-order valence-electron chi connectivity index (χ2n) is 4.12. The standard InChI is InChI=1S/C10H19N3O4/c1-5(2)8(11)9(15)12-4-7(14)13-6(3)10(16)17/h5-6,8H,4,11H2,1-3H3,(H,12,15)(H,13,14)(H,16,17). The summed E-state index contributed by atoms with van der Waals surface area (Å²) >= 11 is 0. The van der Waals surface area contributed by atoms with E-state index < -0.39 is 29.9 Å². The van der Waals surface area contributed by atoms with Gasteiger partial charge in [-0.1, -0.05) is 13.8 Å². The smallest absolute Gasteiger partial charge is 0.325 e. The molecule has 0 saturated heterocycles. The molecule has 0 aliphatic heterocycles. The van der Waals surface area contributed by atoms with E-state index in [1.54, 1.807) is 13.8 Å². The summed E-state index contributed by atoms with van der Waals surface area (Å²) in [6.07, 6.45) is 0. The number of carbonyl (C=O) groups is 3. The van der Waals surface area contributed by atoms with Crippen molar-refractivity contribution >= 4 is 17.8 Å². The van der Waals surface area contributed by atoms with Crippen LogP contribution < -0.4 is 16.4 Å². The molecule has 7 nitrogen and oxygen atoms in total. The molecule has 0 fully saturated rings. The Morgan fingerprint density at radius 3 is 2.18 bits per heavy atom. The summed E-state index contributed by atoms with van der Waals surface area (Å²) in [5, 5.41) is 13.1. The molecule has 0 rings (SSSR count). The number of amides is 2. The van der Waals surface area contributed by atoms with Crippen LogP contribution in [-0.2, 0) is 14.4 Å². The number of rotatable bonds is 6. The molecular weight excluding hydrogens is 226 g/mol. The first-order chi connectivity index (χ1) is 7.75. The minimum Gasteiger partial charge on any atom is -0.480 e. The highest BCUT2D eigenvalue weighted by molar-refractivity contribution is 5.89. The van der Waals surface area contributed by atoms with Gasteiger partial charge in [-0.05, 0) is 12.8 Å². The Kier molecular flexibility index (Phi) is 6.19. The van der Waals surface area contributed by atoms with E-state index >= 15 is 0 Å². The maximum Gasteiger partial charge on any atom is 0.325 e. The predicted molar refractivity (Wildman–Crippen MR) is 61.1 cm³/mol. The Morgan fingerprint density at radius 2 is 1.76 bits per heavy atom. The maximum absolute atomic E-state index is 11.4. The van der Waals surface area contributed by atoms with Gasteiger partial charge < -0.3 is 21.5 Å². The third-order valence-corrected chi connectivity index (χ3v) is 2.19. The van der Waals surface area contributed by atoms with Crippen molar-refractivity contribution < 1.29 is 19.5 Å². The Hall–Kier alpha value is -1.63. The van der Waals surface area contributed by atoms with Crippen LogP contribution in [-0.4, -0.2) is 41.5 Å². The number of carboxylic acid groups (broad SMARTS) is 1. The van der Waals surface area contributed by atoms with Gasteiger partial charge in [0.1, 0.15) is 6.04 Å². The Bertz CT molecular complexity index is 304. The number of carboxylic acids is 1. The molecule has 17 heavy (non-hydrogen) atoms. The summed E-state index contributed by atoms with van der Waals surface area (Å²) in [4.78, 5) is 33.0. The second-order valence-corrected chi connectivity index (χ2v) is 4.12. The summed E-state index contributed by atoms with van der Waals surface area (Å²) < 4.78 is 0. The van der Waals surface area contributed by atoms with Gasteiger partial charge >= 0.3 is 5.97 Å². The molecule has 0 radical (unpaired) electrons. The Balaban J connectivity index is 4.00. The quantitative estimate of drug-likeness (QED) is 0.462. The van der Waals surface area contributed by atoms with E-state index in [-0.39, 0.29) is 12.5 Å². The van der Waals surface area contributed by atoms with Crippen molar-refractivity contribution in [3.63, 3.8) is 0 Å². The molecular formula is C10H19N3O4. The lowest BCUT2D eigenvalue weighted by Gasteiger charge is -2.15. The lowest BCUT2D eigenvalue weighted by Crippen LogP contribution is -2.49. The first-order valence-electron chi connectivity index (χ1n) is 5.31. The van der Waals surface area contributed by atoms with Gasteiger partial charge in [-0.15, -0.1) is 0 Å². The normalized spacial score (nSPS) is 13.9. The molecule has 0 aromatic carbocycles. The van der Waals surface area contributed by atoms with Gasteiger partial charge in [0.25, 0.3) is 0 Å². The summed E-state index contributed by atoms with van der Waals surface area (Å²) in [7, 11) is 0. The van der Waals surface area contributed by atoms with Crippen molar-refractivity contribution in [1.82, 2.24) is 10.6 Å². The zero-order chi connectivity index (χ0) is 13.6. The molecule has 0 aliphatic carbocycles. The van der Waals surface area contributed by atoms with E-state index in [0.717, 1.165) is 0 Å². The van der Waals surface area contributed by atoms with Crippen LogP contribution in [0, 0.1) is 5.92 Å². The Labute approximate surface area is 99.7 Å². The molecule has 0 aromatic heterocycles. The average molecular weight is 245 g/mol. The van der Waals surface area contributed by atoms with E-state index in [2.05, 4.69) is 10.6 Å². The fourth-order valence-corrected chi connectivity index (χ4v) is 0.942. The maximum atomic E-state index is 11.4. The summed E-state index contributed by atoms with van der Waals surface area (Å²) in [5.41, 5.74) is 5.56. The van der Waals surface area contributed by atoms with Gasteiger partial charge in [-0.2, -0.15) is 0 Å². The van der Waals surface area contributed by atoms with Crippen molar-refractivity contribution in [3.8, 4) is 0 Å². The van der Waals surface area contributed by atoms with Gasteiger partial charge in [0.05, 0.1) is 12.6 Å². The topological polar surface area (TPSA) is 122 Å². The highest BCUT2D eigenvalue weighted by Crippen LogP contribution is 1.97. The zero-order valence-electron chi connectivity index (χ0n) is 10.2. The number of hydrogen-bond acceptors (Lipinski definition) is 4. The largest absolute Gasteiger partial charge is 0.480 e. The van der Waals surface area contributed by atoms with Crippen LogP contribution >= 0.6 is 0 Å². The van der Waals surface area contributed by atoms with Gasteiger partial charge in [-0.3, -0.25) is 14.4 Å². The summed E-state index contributed by atoms with van der Waals surface area (Å²) in [5.74, 6) is -2.16. The first-order valence-corrected chi connectivity index (χ1v) is 5.31. The van der Waals surface area contributed by atoms with E-state index in [9.17, 15) is 14.4 Å². The van der Waals surface area contributed by atoms with E-state index in [1.165, 1.54) is 6.92 Å². The number of hydrogen-bond donors (Lipinski definition) is 4. The molecule has 0 heterocycles. The van der Waals surface area contributed by atoms with Crippen molar-refractivity contribution in [3.05, 3.63) is 0 Å². The molecule has 0 aliphatic rings. The van der Waals surface area contributed by atoms with Crippen LogP contribution in [0.5, 0.6) is 0 Å². The molecule has 0 aromatic rings. The Morgan fingerprint density at radius 1 is 1.24 bits per heavy atom. The average Bonchev–Trinajstić information content (AvgIpc) is 2.24. The molecule has 2 atom stereocenters. The predicted octanol–water partition coefficient (Wildman–Crippen LogP) is -1.32. The van der Waals surface area contributed by atoms with E-state index in [0.29, 0.717) is 0 Å². The zero-order valence-corrected chi connectivity index (χ0v) is 10.2. The molecule has 0 spiro atoms. The fourth-order valence-electron chi connectivity index (χ4n) is 0.942. The van der Waals surface area contributed by atoms with Crippen molar-refractivity contribution in [2.45, 2.75) is 32.9 Å². The highest BCUT2D eigenvalue weighted by atomic mass is 16.4. The van der Waals surface area contributed by atoms with E-state index in [1.807, 2.05) is 0 Å². The number of aliphatic carboxylic acids is 1. The SMILES string of the molecule is CC(NC(=O)CNC(=O)C(N)C(C)C)C(=O)O. The van der Waals surface area contributed by atoms with Crippen LogP contribution in [0.15, 0.2) is 0 Å². The summed E-state index contributed by atoms with van der Waals surface area (Å²) in [6, 6.07) is -1.67. The van der Waals surface area contributed by atoms with Gasteiger partial charge in [0.15, 0.2) is 0 Å². The van der Waals surface area contributed by atoms with Crippen molar-refractivity contribution in [2.24, 2.45) is 11.7 Å². The summed E-state index contributed by atoms with van der Waals surface area (Å²) in [6.45, 7) is 4.63. The molecule has 2 unspecified atom stereocenters. The number of carbonyl (C=O) groups excluding carboxylic acids is 2. The molecule has 7 heteroatoms. The molecule has 0 bridgehead atoms. The molecule has 98 valence electrons. The van der Waals surface area contributed by atoms with Crippen molar-refractivity contribution in [1.29, 1.82) is 0 Å².